The van der Waals surface area contributed by atoms with Crippen LogP contribution in [0.25, 0.3) is 0 Å². The SMILES string of the molecule is CC(Sc1ccccn1)C(=O)NN=Cc1cc(Br)c(O)c(Br)c1. The molecular weight excluding hydrogens is 446 g/mol. The molecule has 8 heteroatoms. The number of nitrogens with zero attached hydrogens (tertiary/aromatic N) is 2. The van der Waals surface area contributed by atoms with Gasteiger partial charge < -0.3 is 5.11 Å². The van der Waals surface area contributed by atoms with Crippen molar-refractivity contribution in [1.29, 1.82) is 0 Å². The highest BCUT2D eigenvalue weighted by atomic mass is 79.9. The molecule has 23 heavy (non-hydrogen) atoms. The van der Waals surface area contributed by atoms with Crippen molar-refractivity contribution in [2.24, 2.45) is 5.10 Å². The number of halogens is 2. The largest absolute Gasteiger partial charge is 0.506 e. The van der Waals surface area contributed by atoms with E-state index in [2.05, 4.69) is 47.4 Å². The third kappa shape index (κ3) is 5.33. The van der Waals surface area contributed by atoms with Gasteiger partial charge in [0.25, 0.3) is 5.91 Å². The van der Waals surface area contributed by atoms with E-state index in [4.69, 9.17) is 0 Å². The highest BCUT2D eigenvalue weighted by molar-refractivity contribution is 9.11. The van der Waals surface area contributed by atoms with Gasteiger partial charge in [0.15, 0.2) is 0 Å². The number of amides is 1. The molecule has 1 heterocycles. The van der Waals surface area contributed by atoms with Gasteiger partial charge in [-0.05, 0) is 68.6 Å². The highest BCUT2D eigenvalue weighted by Crippen LogP contribution is 2.32. The first-order valence-corrected chi connectivity index (χ1v) is 9.02. The number of benzene rings is 1. The van der Waals surface area contributed by atoms with Crippen LogP contribution in [0.4, 0.5) is 0 Å². The van der Waals surface area contributed by atoms with Gasteiger partial charge in [0.05, 0.1) is 25.4 Å². The number of hydrazone groups is 1. The molecule has 1 aromatic carbocycles. The smallest absolute Gasteiger partial charge is 0.253 e. The van der Waals surface area contributed by atoms with Gasteiger partial charge in [0, 0.05) is 6.20 Å². The Hall–Kier alpha value is -1.38. The first-order valence-electron chi connectivity index (χ1n) is 6.56. The number of carbonyl (C=O) groups is 1. The van der Waals surface area contributed by atoms with Crippen molar-refractivity contribution in [3.8, 4) is 5.75 Å². The van der Waals surface area contributed by atoms with Crippen LogP contribution in [0.15, 0.2) is 55.6 Å². The summed E-state index contributed by atoms with van der Waals surface area (Å²) in [6, 6.07) is 8.94. The number of phenols is 1. The van der Waals surface area contributed by atoms with Crippen LogP contribution >= 0.6 is 43.6 Å². The number of rotatable bonds is 5. The zero-order valence-electron chi connectivity index (χ0n) is 12.0. The maximum Gasteiger partial charge on any atom is 0.253 e. The number of hydrogen-bond acceptors (Lipinski definition) is 5. The molecule has 0 spiro atoms. The molecule has 2 aromatic rings. The maximum atomic E-state index is 12.0. The van der Waals surface area contributed by atoms with Crippen LogP contribution in [0.2, 0.25) is 0 Å². The third-order valence-electron chi connectivity index (χ3n) is 2.73. The van der Waals surface area contributed by atoms with E-state index in [-0.39, 0.29) is 16.9 Å². The minimum absolute atomic E-state index is 0.117. The van der Waals surface area contributed by atoms with E-state index < -0.39 is 0 Å². The van der Waals surface area contributed by atoms with Gasteiger partial charge >= 0.3 is 0 Å². The molecule has 0 fully saturated rings. The summed E-state index contributed by atoms with van der Waals surface area (Å²) < 4.78 is 1.08. The number of aromatic hydroxyl groups is 1. The Kier molecular flexibility index (Phi) is 6.61. The zero-order valence-corrected chi connectivity index (χ0v) is 16.0. The summed E-state index contributed by atoms with van der Waals surface area (Å²) in [7, 11) is 0. The fourth-order valence-electron chi connectivity index (χ4n) is 1.57. The maximum absolute atomic E-state index is 12.0. The molecule has 0 aliphatic rings. The zero-order chi connectivity index (χ0) is 16.8. The lowest BCUT2D eigenvalue weighted by molar-refractivity contribution is -0.120. The second-order valence-corrected chi connectivity index (χ2v) is 7.57. The molecule has 0 bridgehead atoms. The van der Waals surface area contributed by atoms with Gasteiger partial charge in [0.1, 0.15) is 5.75 Å². The number of aromatic nitrogens is 1. The molecule has 1 aromatic heterocycles. The van der Waals surface area contributed by atoms with Gasteiger partial charge in [0.2, 0.25) is 0 Å². The summed E-state index contributed by atoms with van der Waals surface area (Å²) in [5.74, 6) is -0.0969. The van der Waals surface area contributed by atoms with Crippen LogP contribution in [0.3, 0.4) is 0 Å². The van der Waals surface area contributed by atoms with E-state index in [9.17, 15) is 9.90 Å². The van der Waals surface area contributed by atoms with Crippen LogP contribution in [0.5, 0.6) is 5.75 Å². The molecular formula is C15H13Br2N3O2S. The quantitative estimate of drug-likeness (QED) is 0.404. The van der Waals surface area contributed by atoms with Crippen molar-refractivity contribution < 1.29 is 9.90 Å². The van der Waals surface area contributed by atoms with Crippen LogP contribution in [0.1, 0.15) is 12.5 Å². The van der Waals surface area contributed by atoms with Crippen molar-refractivity contribution in [3.63, 3.8) is 0 Å². The summed E-state index contributed by atoms with van der Waals surface area (Å²) >= 11 is 7.84. The molecule has 0 radical (unpaired) electrons. The predicted octanol–water partition coefficient (Wildman–Crippen LogP) is 3.94. The van der Waals surface area contributed by atoms with E-state index in [1.165, 1.54) is 18.0 Å². The third-order valence-corrected chi connectivity index (χ3v) is 4.99. The fraction of sp³-hybridized carbons (Fsp3) is 0.133. The summed E-state index contributed by atoms with van der Waals surface area (Å²) in [6.07, 6.45) is 3.19. The molecule has 0 saturated heterocycles. The molecule has 1 atom stereocenters. The molecule has 120 valence electrons. The van der Waals surface area contributed by atoms with Crippen LogP contribution < -0.4 is 5.43 Å². The summed E-state index contributed by atoms with van der Waals surface area (Å²) in [5.41, 5.74) is 3.22. The number of thioether (sulfide) groups is 1. The standard InChI is InChI=1S/C15H13Br2N3O2S/c1-9(23-13-4-2-3-5-18-13)15(22)20-19-8-10-6-11(16)14(21)12(17)7-10/h2-9,21H,1H3,(H,20,22). The normalized spacial score (nSPS) is 12.3. The minimum atomic E-state index is -0.319. The summed E-state index contributed by atoms with van der Waals surface area (Å²) in [5, 5.41) is 14.0. The van der Waals surface area contributed by atoms with Gasteiger partial charge in [-0.1, -0.05) is 17.8 Å². The Morgan fingerprint density at radius 2 is 2.09 bits per heavy atom. The molecule has 0 aliphatic carbocycles. The van der Waals surface area contributed by atoms with Crippen LogP contribution in [-0.2, 0) is 4.79 Å². The number of carbonyl (C=O) groups excluding carboxylic acids is 1. The Labute approximate surface area is 154 Å². The second kappa shape index (κ2) is 8.47. The van der Waals surface area contributed by atoms with E-state index in [1.807, 2.05) is 18.2 Å². The van der Waals surface area contributed by atoms with Gasteiger partial charge in [-0.15, -0.1) is 0 Å². The average Bonchev–Trinajstić information content (AvgIpc) is 2.53. The number of phenolic OH excluding ortho intramolecular Hbond substituents is 1. The van der Waals surface area contributed by atoms with Crippen molar-refractivity contribution >= 4 is 55.7 Å². The summed E-state index contributed by atoms with van der Waals surface area (Å²) in [4.78, 5) is 16.2. The Bertz CT molecular complexity index is 703. The number of hydrogen-bond donors (Lipinski definition) is 2. The first-order chi connectivity index (χ1) is 11.0. The van der Waals surface area contributed by atoms with E-state index in [0.29, 0.717) is 8.95 Å². The Morgan fingerprint density at radius 3 is 2.70 bits per heavy atom. The van der Waals surface area contributed by atoms with Crippen molar-refractivity contribution in [1.82, 2.24) is 10.4 Å². The van der Waals surface area contributed by atoms with Gasteiger partial charge in [-0.25, -0.2) is 10.4 Å². The van der Waals surface area contributed by atoms with Gasteiger partial charge in [-0.3, -0.25) is 4.79 Å². The lowest BCUT2D eigenvalue weighted by atomic mass is 10.2. The molecule has 0 saturated carbocycles. The molecule has 5 nitrogen and oxygen atoms in total. The fourth-order valence-corrected chi connectivity index (χ4v) is 3.60. The van der Waals surface area contributed by atoms with Crippen LogP contribution in [0, 0.1) is 0 Å². The second-order valence-electron chi connectivity index (χ2n) is 4.50. The van der Waals surface area contributed by atoms with E-state index in [1.54, 1.807) is 25.3 Å². The molecule has 2 rings (SSSR count). The van der Waals surface area contributed by atoms with Crippen LogP contribution in [-0.4, -0.2) is 27.5 Å². The molecule has 0 aliphatic heterocycles. The average molecular weight is 459 g/mol. The Morgan fingerprint density at radius 1 is 1.39 bits per heavy atom. The van der Waals surface area contributed by atoms with Crippen molar-refractivity contribution in [2.45, 2.75) is 17.2 Å². The van der Waals surface area contributed by atoms with E-state index in [0.717, 1.165) is 10.6 Å². The lowest BCUT2D eigenvalue weighted by Gasteiger charge is -2.08. The minimum Gasteiger partial charge on any atom is -0.506 e. The van der Waals surface area contributed by atoms with E-state index >= 15 is 0 Å². The predicted molar refractivity (Wildman–Crippen MR) is 98.8 cm³/mol. The molecule has 1 unspecified atom stereocenters. The number of pyridine rings is 1. The molecule has 1 amide bonds. The lowest BCUT2D eigenvalue weighted by Crippen LogP contribution is -2.26. The van der Waals surface area contributed by atoms with Crippen molar-refractivity contribution in [3.05, 3.63) is 51.0 Å². The van der Waals surface area contributed by atoms with Crippen molar-refractivity contribution in [2.75, 3.05) is 0 Å². The summed E-state index contributed by atoms with van der Waals surface area (Å²) in [6.45, 7) is 1.79. The first kappa shape index (κ1) is 18.0. The van der Waals surface area contributed by atoms with Gasteiger partial charge in [-0.2, -0.15) is 5.10 Å². The highest BCUT2D eigenvalue weighted by Gasteiger charge is 2.14. The number of nitrogens with one attached hydrogen (secondary N) is 1. The molecule has 2 N–H and O–H groups in total. The topological polar surface area (TPSA) is 74.6 Å². The monoisotopic (exact) mass is 457 g/mol. The Balaban J connectivity index is 1.93.